The first-order valence-electron chi connectivity index (χ1n) is 5.39. The third-order valence-corrected chi connectivity index (χ3v) is 2.70. The highest BCUT2D eigenvalue weighted by Gasteiger charge is 2.12. The molecule has 1 rings (SSSR count). The van der Waals surface area contributed by atoms with Gasteiger partial charge in [0.25, 0.3) is 0 Å². The maximum atomic E-state index is 11.3. The first kappa shape index (κ1) is 12.6. The molecule has 0 atom stereocenters. The Morgan fingerprint density at radius 2 is 2.00 bits per heavy atom. The van der Waals surface area contributed by atoms with Gasteiger partial charge in [-0.2, -0.15) is 0 Å². The van der Waals surface area contributed by atoms with Crippen molar-refractivity contribution in [3.8, 4) is 5.75 Å². The minimum Gasteiger partial charge on any atom is -0.495 e. The Morgan fingerprint density at radius 3 is 2.44 bits per heavy atom. The zero-order chi connectivity index (χ0) is 12.3. The number of hydrogen-bond donors (Lipinski definition) is 0. The zero-order valence-corrected chi connectivity index (χ0v) is 10.6. The van der Waals surface area contributed by atoms with Crippen LogP contribution in [0.5, 0.6) is 5.75 Å². The molecule has 0 aliphatic rings. The van der Waals surface area contributed by atoms with Crippen LogP contribution in [0.4, 0.5) is 5.69 Å². The fraction of sp³-hybridized carbons (Fsp3) is 0.462. The lowest BCUT2D eigenvalue weighted by atomic mass is 10.0. The summed E-state index contributed by atoms with van der Waals surface area (Å²) in [5, 5.41) is 0. The molecule has 1 aromatic rings. The molecule has 0 aliphatic carbocycles. The van der Waals surface area contributed by atoms with Gasteiger partial charge in [0.1, 0.15) is 5.75 Å². The van der Waals surface area contributed by atoms with E-state index in [4.69, 9.17) is 4.74 Å². The van der Waals surface area contributed by atoms with Crippen LogP contribution in [0.2, 0.25) is 0 Å². The highest BCUT2D eigenvalue weighted by Crippen LogP contribution is 2.31. The van der Waals surface area contributed by atoms with E-state index in [1.807, 2.05) is 18.2 Å². The van der Waals surface area contributed by atoms with Crippen LogP contribution < -0.4 is 9.64 Å². The lowest BCUT2D eigenvalue weighted by Crippen LogP contribution is -2.23. The summed E-state index contributed by atoms with van der Waals surface area (Å²) in [4.78, 5) is 12.9. The molecule has 0 bridgehead atoms. The van der Waals surface area contributed by atoms with Crippen LogP contribution in [0.3, 0.4) is 0 Å². The highest BCUT2D eigenvalue weighted by molar-refractivity contribution is 5.92. The molecule has 0 radical (unpaired) electrons. The largest absolute Gasteiger partial charge is 0.495 e. The van der Waals surface area contributed by atoms with Crippen LogP contribution >= 0.6 is 0 Å². The van der Waals surface area contributed by atoms with Crippen molar-refractivity contribution in [2.24, 2.45) is 0 Å². The van der Waals surface area contributed by atoms with Gasteiger partial charge < -0.3 is 9.64 Å². The Bertz CT molecular complexity index is 386. The Hall–Kier alpha value is -1.51. The Kier molecular flexibility index (Phi) is 3.93. The molecule has 0 heterocycles. The third kappa shape index (κ3) is 2.54. The van der Waals surface area contributed by atoms with Gasteiger partial charge in [-0.1, -0.05) is 19.9 Å². The van der Waals surface area contributed by atoms with Gasteiger partial charge in [0.05, 0.1) is 12.8 Å². The summed E-state index contributed by atoms with van der Waals surface area (Å²) < 4.78 is 5.31. The van der Waals surface area contributed by atoms with Gasteiger partial charge in [-0.15, -0.1) is 0 Å². The summed E-state index contributed by atoms with van der Waals surface area (Å²) in [6, 6.07) is 5.94. The van der Waals surface area contributed by atoms with Crippen LogP contribution in [0.15, 0.2) is 18.2 Å². The van der Waals surface area contributed by atoms with Crippen molar-refractivity contribution in [1.29, 1.82) is 0 Å². The molecule has 0 saturated carbocycles. The number of amides is 1. The molecule has 1 amide bonds. The van der Waals surface area contributed by atoms with E-state index in [9.17, 15) is 4.79 Å². The van der Waals surface area contributed by atoms with Crippen molar-refractivity contribution in [1.82, 2.24) is 0 Å². The number of methoxy groups -OCH3 is 1. The lowest BCUT2D eigenvalue weighted by molar-refractivity contribution is -0.116. The molecular formula is C13H19NO2. The lowest BCUT2D eigenvalue weighted by Gasteiger charge is -2.19. The van der Waals surface area contributed by atoms with E-state index >= 15 is 0 Å². The van der Waals surface area contributed by atoms with Crippen LogP contribution in [0.25, 0.3) is 0 Å². The number of carbonyl (C=O) groups is 1. The minimum atomic E-state index is -0.00408. The maximum Gasteiger partial charge on any atom is 0.223 e. The summed E-state index contributed by atoms with van der Waals surface area (Å²) in [6.45, 7) is 5.79. The number of hydrogen-bond acceptors (Lipinski definition) is 2. The van der Waals surface area contributed by atoms with Gasteiger partial charge in [-0.25, -0.2) is 0 Å². The second kappa shape index (κ2) is 5.01. The predicted molar refractivity (Wildman–Crippen MR) is 66.2 cm³/mol. The van der Waals surface area contributed by atoms with E-state index in [0.717, 1.165) is 11.4 Å². The fourth-order valence-corrected chi connectivity index (χ4v) is 1.50. The van der Waals surface area contributed by atoms with Gasteiger partial charge in [0.2, 0.25) is 5.91 Å². The molecule has 88 valence electrons. The van der Waals surface area contributed by atoms with E-state index in [2.05, 4.69) is 13.8 Å². The molecule has 0 aliphatic heterocycles. The number of anilines is 1. The fourth-order valence-electron chi connectivity index (χ4n) is 1.50. The van der Waals surface area contributed by atoms with E-state index in [1.54, 1.807) is 19.1 Å². The van der Waals surface area contributed by atoms with Gasteiger partial charge in [0, 0.05) is 14.0 Å². The molecule has 0 fully saturated rings. The van der Waals surface area contributed by atoms with Crippen LogP contribution in [0, 0.1) is 0 Å². The van der Waals surface area contributed by atoms with Crippen LogP contribution in [0.1, 0.15) is 32.3 Å². The normalized spacial score (nSPS) is 10.4. The van der Waals surface area contributed by atoms with Crippen LogP contribution in [-0.4, -0.2) is 20.1 Å². The van der Waals surface area contributed by atoms with E-state index in [0.29, 0.717) is 5.92 Å². The van der Waals surface area contributed by atoms with E-state index < -0.39 is 0 Å². The SMILES string of the molecule is COc1cc(C(C)C)ccc1N(C)C(C)=O. The quantitative estimate of drug-likeness (QED) is 0.785. The summed E-state index contributed by atoms with van der Waals surface area (Å²) in [7, 11) is 3.37. The summed E-state index contributed by atoms with van der Waals surface area (Å²) >= 11 is 0. The van der Waals surface area contributed by atoms with Gasteiger partial charge in [-0.05, 0) is 23.6 Å². The second-order valence-electron chi connectivity index (χ2n) is 4.16. The average Bonchev–Trinajstić information content (AvgIpc) is 2.26. The molecule has 0 aromatic heterocycles. The van der Waals surface area contributed by atoms with Gasteiger partial charge >= 0.3 is 0 Å². The van der Waals surface area contributed by atoms with Crippen molar-refractivity contribution >= 4 is 11.6 Å². The molecule has 1 aromatic carbocycles. The predicted octanol–water partition coefficient (Wildman–Crippen LogP) is 2.80. The van der Waals surface area contributed by atoms with E-state index in [1.165, 1.54) is 12.5 Å². The smallest absolute Gasteiger partial charge is 0.223 e. The molecule has 16 heavy (non-hydrogen) atoms. The van der Waals surface area contributed by atoms with Crippen LogP contribution in [-0.2, 0) is 4.79 Å². The van der Waals surface area contributed by atoms with Gasteiger partial charge in [0.15, 0.2) is 0 Å². The van der Waals surface area contributed by atoms with Gasteiger partial charge in [-0.3, -0.25) is 4.79 Å². The van der Waals surface area contributed by atoms with Crippen molar-refractivity contribution in [3.05, 3.63) is 23.8 Å². The molecule has 0 saturated heterocycles. The molecule has 0 N–H and O–H groups in total. The summed E-state index contributed by atoms with van der Waals surface area (Å²) in [5.41, 5.74) is 2.01. The first-order valence-corrected chi connectivity index (χ1v) is 5.39. The number of nitrogens with zero attached hydrogens (tertiary/aromatic N) is 1. The Morgan fingerprint density at radius 1 is 1.38 bits per heavy atom. The second-order valence-corrected chi connectivity index (χ2v) is 4.16. The van der Waals surface area contributed by atoms with Crippen molar-refractivity contribution in [2.75, 3.05) is 19.1 Å². The average molecular weight is 221 g/mol. The molecule has 3 heteroatoms. The minimum absolute atomic E-state index is 0.00408. The third-order valence-electron chi connectivity index (χ3n) is 2.70. The molecule has 0 unspecified atom stereocenters. The van der Waals surface area contributed by atoms with Crippen molar-refractivity contribution < 1.29 is 9.53 Å². The monoisotopic (exact) mass is 221 g/mol. The standard InChI is InChI=1S/C13H19NO2/c1-9(2)11-6-7-12(13(8-11)16-5)14(4)10(3)15/h6-9H,1-5H3. The molecular weight excluding hydrogens is 202 g/mol. The summed E-state index contributed by atoms with van der Waals surface area (Å²) in [5.74, 6) is 1.19. The highest BCUT2D eigenvalue weighted by atomic mass is 16.5. The van der Waals surface area contributed by atoms with E-state index in [-0.39, 0.29) is 5.91 Å². The topological polar surface area (TPSA) is 29.5 Å². The summed E-state index contributed by atoms with van der Waals surface area (Å²) in [6.07, 6.45) is 0. The zero-order valence-electron chi connectivity index (χ0n) is 10.6. The number of rotatable bonds is 3. The Balaban J connectivity index is 3.16. The molecule has 3 nitrogen and oxygen atoms in total. The molecule has 0 spiro atoms. The van der Waals surface area contributed by atoms with Crippen molar-refractivity contribution in [2.45, 2.75) is 26.7 Å². The number of ether oxygens (including phenoxy) is 1. The first-order chi connectivity index (χ1) is 7.47. The van der Waals surface area contributed by atoms with Crippen molar-refractivity contribution in [3.63, 3.8) is 0 Å². The Labute approximate surface area is 97.0 Å². The maximum absolute atomic E-state index is 11.3. The number of carbonyl (C=O) groups excluding carboxylic acids is 1. The number of benzene rings is 1.